The molecule has 0 radical (unpaired) electrons. The minimum atomic E-state index is -1.06. The molecule has 0 spiro atoms. The van der Waals surface area contributed by atoms with E-state index in [4.69, 9.17) is 9.47 Å². The summed E-state index contributed by atoms with van der Waals surface area (Å²) in [7, 11) is 0.621. The van der Waals surface area contributed by atoms with Crippen LogP contribution in [0.4, 0.5) is 0 Å². The highest BCUT2D eigenvalue weighted by molar-refractivity contribution is 7.98. The molecule has 0 fully saturated rings. The van der Waals surface area contributed by atoms with Crippen LogP contribution in [0.3, 0.4) is 0 Å². The number of benzene rings is 2. The molecule has 1 heterocycles. The van der Waals surface area contributed by atoms with Crippen LogP contribution in [0.15, 0.2) is 47.4 Å². The lowest BCUT2D eigenvalue weighted by Crippen LogP contribution is -2.22. The zero-order valence-corrected chi connectivity index (χ0v) is 18.3. The summed E-state index contributed by atoms with van der Waals surface area (Å²) in [5.41, 5.74) is 3.18. The van der Waals surface area contributed by atoms with Crippen LogP contribution >= 0.6 is 11.8 Å². The van der Waals surface area contributed by atoms with E-state index in [1.165, 1.54) is 10.5 Å². The van der Waals surface area contributed by atoms with E-state index in [1.54, 1.807) is 18.9 Å². The van der Waals surface area contributed by atoms with E-state index in [-0.39, 0.29) is 0 Å². The second-order valence-electron chi connectivity index (χ2n) is 7.72. The van der Waals surface area contributed by atoms with E-state index in [0.717, 1.165) is 35.2 Å². The highest BCUT2D eigenvalue weighted by Crippen LogP contribution is 2.26. The average molecular weight is 402 g/mol. The van der Waals surface area contributed by atoms with Crippen LogP contribution in [0.1, 0.15) is 5.56 Å². The second kappa shape index (κ2) is 8.90. The summed E-state index contributed by atoms with van der Waals surface area (Å²) < 4.78 is 12.8. The first-order valence-electron chi connectivity index (χ1n) is 9.11. The Morgan fingerprint density at radius 2 is 1.85 bits per heavy atom. The minimum Gasteiger partial charge on any atom is -0.497 e. The van der Waals surface area contributed by atoms with Crippen molar-refractivity contribution in [1.29, 1.82) is 0 Å². The first-order valence-corrected chi connectivity index (χ1v) is 13.8. The van der Waals surface area contributed by atoms with Crippen molar-refractivity contribution in [2.45, 2.75) is 43.1 Å². The molecule has 0 aliphatic heterocycles. The van der Waals surface area contributed by atoms with Gasteiger partial charge >= 0.3 is 0 Å². The molecule has 27 heavy (non-hydrogen) atoms. The number of aromatic nitrogens is 3. The maximum absolute atomic E-state index is 5.80. The number of fused-ring (bicyclic) bond motifs is 1. The van der Waals surface area contributed by atoms with Gasteiger partial charge in [-0.3, -0.25) is 0 Å². The molecule has 0 bridgehead atoms. The topological polar surface area (TPSA) is 49.2 Å². The van der Waals surface area contributed by atoms with E-state index in [2.05, 4.69) is 60.3 Å². The molecule has 1 aromatic heterocycles. The Morgan fingerprint density at radius 1 is 1.07 bits per heavy atom. The van der Waals surface area contributed by atoms with Crippen molar-refractivity contribution in [1.82, 2.24) is 15.0 Å². The van der Waals surface area contributed by atoms with Crippen LogP contribution in [-0.2, 0) is 17.2 Å². The average Bonchev–Trinajstić information content (AvgIpc) is 3.05. The quantitative estimate of drug-likeness (QED) is 0.285. The molecular formula is C20H27N3O2SSi. The predicted molar refractivity (Wildman–Crippen MR) is 114 cm³/mol. The van der Waals surface area contributed by atoms with Gasteiger partial charge in [0, 0.05) is 25.3 Å². The van der Waals surface area contributed by atoms with Crippen molar-refractivity contribution in [3.8, 4) is 5.75 Å². The number of ether oxygens (including phenoxy) is 2. The molecular weight excluding hydrogens is 374 g/mol. The lowest BCUT2D eigenvalue weighted by Gasteiger charge is -2.15. The molecule has 144 valence electrons. The Bertz CT molecular complexity index is 875. The first kappa shape index (κ1) is 19.9. The standard InChI is InChI=1S/C20H27N3O2SSi/c1-24-17-7-5-16(6-8-17)14-26-18-9-10-20-19(13-18)21-22-23(20)15-25-11-12-27(2,3)4/h5-10,13H,11-12,14-15H2,1-4H3. The number of hydrogen-bond acceptors (Lipinski definition) is 5. The lowest BCUT2D eigenvalue weighted by molar-refractivity contribution is 0.0803. The van der Waals surface area contributed by atoms with Crippen LogP contribution < -0.4 is 4.74 Å². The van der Waals surface area contributed by atoms with E-state index < -0.39 is 8.07 Å². The molecule has 5 nitrogen and oxygen atoms in total. The maximum Gasteiger partial charge on any atom is 0.141 e. The molecule has 0 saturated carbocycles. The van der Waals surface area contributed by atoms with Gasteiger partial charge in [-0.2, -0.15) is 0 Å². The van der Waals surface area contributed by atoms with Gasteiger partial charge in [-0.15, -0.1) is 16.9 Å². The molecule has 0 aliphatic carbocycles. The summed E-state index contributed by atoms with van der Waals surface area (Å²) in [4.78, 5) is 1.19. The highest BCUT2D eigenvalue weighted by atomic mass is 32.2. The monoisotopic (exact) mass is 401 g/mol. The maximum atomic E-state index is 5.80. The zero-order valence-electron chi connectivity index (χ0n) is 16.4. The predicted octanol–water partition coefficient (Wildman–Crippen LogP) is 5.04. The summed E-state index contributed by atoms with van der Waals surface area (Å²) in [5, 5.41) is 8.53. The van der Waals surface area contributed by atoms with E-state index in [1.807, 2.05) is 16.8 Å². The molecule has 0 saturated heterocycles. The molecule has 0 amide bonds. The third-order valence-electron chi connectivity index (χ3n) is 4.26. The Labute approximate surface area is 166 Å². The Kier molecular flexibility index (Phi) is 6.57. The largest absolute Gasteiger partial charge is 0.497 e. The molecule has 7 heteroatoms. The van der Waals surface area contributed by atoms with Crippen LogP contribution in [0.2, 0.25) is 25.7 Å². The number of hydrogen-bond donors (Lipinski definition) is 0. The third-order valence-corrected chi connectivity index (χ3v) is 7.03. The van der Waals surface area contributed by atoms with Crippen LogP contribution in [-0.4, -0.2) is 36.8 Å². The van der Waals surface area contributed by atoms with Gasteiger partial charge in [-0.1, -0.05) is 37.0 Å². The van der Waals surface area contributed by atoms with Gasteiger partial charge < -0.3 is 9.47 Å². The van der Waals surface area contributed by atoms with Gasteiger partial charge in [0.1, 0.15) is 18.0 Å². The van der Waals surface area contributed by atoms with Crippen LogP contribution in [0, 0.1) is 0 Å². The Balaban J connectivity index is 1.57. The van der Waals surface area contributed by atoms with Gasteiger partial charge in [-0.25, -0.2) is 4.68 Å². The highest BCUT2D eigenvalue weighted by Gasteiger charge is 2.12. The number of nitrogens with zero attached hydrogens (tertiary/aromatic N) is 3. The van der Waals surface area contributed by atoms with Crippen molar-refractivity contribution in [2.75, 3.05) is 13.7 Å². The summed E-state index contributed by atoms with van der Waals surface area (Å²) in [6, 6.07) is 15.6. The van der Waals surface area contributed by atoms with Gasteiger partial charge in [0.05, 0.1) is 12.6 Å². The molecule has 0 unspecified atom stereocenters. The summed E-state index contributed by atoms with van der Waals surface area (Å²) in [6.45, 7) is 8.30. The van der Waals surface area contributed by atoms with Crippen LogP contribution in [0.25, 0.3) is 11.0 Å². The van der Waals surface area contributed by atoms with E-state index in [9.17, 15) is 0 Å². The fraction of sp³-hybridized carbons (Fsp3) is 0.400. The van der Waals surface area contributed by atoms with Crippen LogP contribution in [0.5, 0.6) is 5.75 Å². The van der Waals surface area contributed by atoms with Gasteiger partial charge in [0.25, 0.3) is 0 Å². The molecule has 0 atom stereocenters. The number of thioether (sulfide) groups is 1. The van der Waals surface area contributed by atoms with Crippen molar-refractivity contribution < 1.29 is 9.47 Å². The van der Waals surface area contributed by atoms with Gasteiger partial charge in [0.15, 0.2) is 0 Å². The van der Waals surface area contributed by atoms with Crippen molar-refractivity contribution in [3.05, 3.63) is 48.0 Å². The Hall–Kier alpha value is -1.83. The molecule has 0 N–H and O–H groups in total. The summed E-state index contributed by atoms with van der Waals surface area (Å²) >= 11 is 1.79. The molecule has 0 aliphatic rings. The van der Waals surface area contributed by atoms with Gasteiger partial charge in [-0.05, 0) is 41.9 Å². The third kappa shape index (κ3) is 5.82. The minimum absolute atomic E-state index is 0.458. The van der Waals surface area contributed by atoms with Crippen molar-refractivity contribution in [3.63, 3.8) is 0 Å². The molecule has 3 rings (SSSR count). The zero-order chi connectivity index (χ0) is 19.3. The SMILES string of the molecule is COc1ccc(CSc2ccc3c(c2)nnn3COCC[Si](C)(C)C)cc1. The smallest absolute Gasteiger partial charge is 0.141 e. The Morgan fingerprint density at radius 3 is 2.56 bits per heavy atom. The first-order chi connectivity index (χ1) is 12.9. The summed E-state index contributed by atoms with van der Waals surface area (Å²) in [5.74, 6) is 1.79. The van der Waals surface area contributed by atoms with Crippen molar-refractivity contribution in [2.24, 2.45) is 0 Å². The molecule has 2 aromatic carbocycles. The summed E-state index contributed by atoms with van der Waals surface area (Å²) in [6.07, 6.45) is 0. The lowest BCUT2D eigenvalue weighted by atomic mass is 10.2. The normalized spacial score (nSPS) is 11.9. The fourth-order valence-corrected chi connectivity index (χ4v) is 4.20. The van der Waals surface area contributed by atoms with Gasteiger partial charge in [0.2, 0.25) is 0 Å². The van der Waals surface area contributed by atoms with Crippen molar-refractivity contribution >= 4 is 30.9 Å². The van der Waals surface area contributed by atoms with E-state index >= 15 is 0 Å². The number of methoxy groups -OCH3 is 1. The second-order valence-corrected chi connectivity index (χ2v) is 14.4. The molecule has 3 aromatic rings. The number of rotatable bonds is 9. The fourth-order valence-electron chi connectivity index (χ4n) is 2.55. The van der Waals surface area contributed by atoms with E-state index in [0.29, 0.717) is 6.73 Å².